The van der Waals surface area contributed by atoms with E-state index >= 15 is 0 Å². The largest absolute Gasteiger partial charge is 0.507 e. The van der Waals surface area contributed by atoms with Crippen LogP contribution in [0.1, 0.15) is 75.8 Å². The Morgan fingerprint density at radius 3 is 1.28 bits per heavy atom. The minimum absolute atomic E-state index is 0.0806. The Morgan fingerprint density at radius 2 is 0.931 bits per heavy atom. The number of fused-ring (bicyclic) bond motifs is 8. The number of nitrogens with zero attached hydrogens (tertiary/aromatic N) is 2. The Hall–Kier alpha value is -4.44. The van der Waals surface area contributed by atoms with Crippen molar-refractivity contribution in [2.75, 3.05) is 38.8 Å². The molecule has 3 aromatic carbocycles. The van der Waals surface area contributed by atoms with Crippen molar-refractivity contribution in [3.63, 3.8) is 0 Å². The molecule has 15 heteroatoms. The maximum Gasteiger partial charge on any atom is 0.329 e. The van der Waals surface area contributed by atoms with Crippen LogP contribution in [0.3, 0.4) is 0 Å². The molecule has 0 spiro atoms. The van der Waals surface area contributed by atoms with Gasteiger partial charge < -0.3 is 35.4 Å². The summed E-state index contributed by atoms with van der Waals surface area (Å²) >= 11 is 0. The van der Waals surface area contributed by atoms with E-state index in [9.17, 15) is 34.5 Å². The first kappa shape index (κ1) is 43.1. The number of amides is 2. The lowest BCUT2D eigenvalue weighted by Gasteiger charge is -2.27. The van der Waals surface area contributed by atoms with Gasteiger partial charge in [-0.1, -0.05) is 74.7 Å². The van der Waals surface area contributed by atoms with Gasteiger partial charge in [0.25, 0.3) is 0 Å². The molecule has 0 saturated carbocycles. The van der Waals surface area contributed by atoms with Gasteiger partial charge in [-0.05, 0) is 81.8 Å². The average molecular weight is 835 g/mol. The van der Waals surface area contributed by atoms with Gasteiger partial charge in [0.05, 0.1) is 26.3 Å². The fraction of sp³-hybridized carbons (Fsp3) is 0.488. The van der Waals surface area contributed by atoms with Crippen molar-refractivity contribution >= 4 is 45.3 Å². The average Bonchev–Trinajstić information content (AvgIpc) is 3.86. The van der Waals surface area contributed by atoms with E-state index in [0.29, 0.717) is 72.4 Å². The molecule has 2 saturated heterocycles. The van der Waals surface area contributed by atoms with Crippen LogP contribution < -0.4 is 10.6 Å². The molecule has 0 radical (unpaired) electrons. The third-order valence-corrected chi connectivity index (χ3v) is 13.7. The van der Waals surface area contributed by atoms with Gasteiger partial charge in [-0.25, -0.2) is 9.59 Å². The van der Waals surface area contributed by atoms with Gasteiger partial charge >= 0.3 is 11.9 Å². The molecule has 3 aliphatic rings. The normalized spacial score (nSPS) is 22.8. The molecule has 312 valence electrons. The third kappa shape index (κ3) is 10.0. The lowest BCUT2D eigenvalue weighted by molar-refractivity contribution is -0.145. The van der Waals surface area contributed by atoms with E-state index in [1.165, 1.54) is 35.8 Å². The molecule has 3 aromatic rings. The molecule has 3 aliphatic heterocycles. The van der Waals surface area contributed by atoms with Crippen LogP contribution in [0, 0.1) is 20.8 Å². The number of phenolic OH excluding ortho intramolecular Hbond substituents is 3. The maximum atomic E-state index is 13.8. The molecular formula is C43H54N4O9S2. The highest BCUT2D eigenvalue weighted by molar-refractivity contribution is 8.76. The van der Waals surface area contributed by atoms with Crippen molar-refractivity contribution in [1.29, 1.82) is 0 Å². The van der Waals surface area contributed by atoms with Crippen molar-refractivity contribution < 1.29 is 44.0 Å². The van der Waals surface area contributed by atoms with Crippen molar-refractivity contribution in [2.45, 2.75) is 96.6 Å². The van der Waals surface area contributed by atoms with Crippen molar-refractivity contribution in [1.82, 2.24) is 20.4 Å². The van der Waals surface area contributed by atoms with Crippen molar-refractivity contribution in [2.24, 2.45) is 0 Å². The minimum atomic E-state index is -0.970. The van der Waals surface area contributed by atoms with E-state index < -0.39 is 36.1 Å². The molecule has 6 rings (SSSR count). The number of methoxy groups -OCH3 is 2. The number of rotatable bonds is 2. The molecular weight excluding hydrogens is 781 g/mol. The highest BCUT2D eigenvalue weighted by Crippen LogP contribution is 2.37. The molecule has 2 amide bonds. The standard InChI is InChI=1S/C43H54N4O9S2/c1-24-12-27-18-29-14-25(2)16-31(38(29)49)20-46-10-6-8-35(46)40(51)44-33(42(53)55-4)22-57-58-23-34(43(54)56-5)45-41(52)36-9-7-11-47(36)21-32-17-26(3)15-30(39(32)50)19-28(13-24)37(27)48/h12-17,33-36,48-50H,6-11,18-23H2,1-5H3,(H,44,51)(H,45,52)/t33-,34-,35-,36-/m0/s1. The van der Waals surface area contributed by atoms with Gasteiger partial charge in [-0.15, -0.1) is 0 Å². The number of aromatic hydroxyl groups is 3. The Balaban J connectivity index is 1.36. The van der Waals surface area contributed by atoms with Crippen molar-refractivity contribution in [3.05, 3.63) is 86.5 Å². The van der Waals surface area contributed by atoms with Gasteiger partial charge in [-0.3, -0.25) is 19.4 Å². The number of aryl methyl sites for hydroxylation is 3. The van der Waals surface area contributed by atoms with E-state index in [-0.39, 0.29) is 53.4 Å². The molecule has 0 unspecified atom stereocenters. The second-order valence-electron chi connectivity index (χ2n) is 15.6. The Kier molecular flexibility index (Phi) is 14.2. The lowest BCUT2D eigenvalue weighted by atomic mass is 9.92. The summed E-state index contributed by atoms with van der Waals surface area (Å²) < 4.78 is 10.1. The van der Waals surface area contributed by atoms with Gasteiger partial charge in [-0.2, -0.15) is 0 Å². The predicted molar refractivity (Wildman–Crippen MR) is 224 cm³/mol. The van der Waals surface area contributed by atoms with E-state index in [2.05, 4.69) is 10.6 Å². The second-order valence-corrected chi connectivity index (χ2v) is 18.2. The van der Waals surface area contributed by atoms with Crippen LogP contribution in [0.4, 0.5) is 0 Å². The predicted octanol–water partition coefficient (Wildman–Crippen LogP) is 4.55. The maximum absolute atomic E-state index is 13.8. The van der Waals surface area contributed by atoms with Crippen LogP contribution in [-0.4, -0.2) is 112 Å². The number of benzene rings is 3. The van der Waals surface area contributed by atoms with Crippen LogP contribution in [0.5, 0.6) is 17.2 Å². The summed E-state index contributed by atoms with van der Waals surface area (Å²) in [5.41, 5.74) is 6.60. The third-order valence-electron chi connectivity index (χ3n) is 11.2. The van der Waals surface area contributed by atoms with Gasteiger partial charge in [0.1, 0.15) is 29.3 Å². The molecule has 0 aliphatic carbocycles. The van der Waals surface area contributed by atoms with Gasteiger partial charge in [0.2, 0.25) is 11.8 Å². The summed E-state index contributed by atoms with van der Waals surface area (Å²) in [6.45, 7) is 7.66. The van der Waals surface area contributed by atoms with E-state index in [4.69, 9.17) is 9.47 Å². The first-order valence-electron chi connectivity index (χ1n) is 19.7. The molecule has 3 heterocycles. The molecule has 58 heavy (non-hydrogen) atoms. The Labute approximate surface area is 347 Å². The van der Waals surface area contributed by atoms with Crippen LogP contribution in [0.15, 0.2) is 36.4 Å². The highest BCUT2D eigenvalue weighted by Gasteiger charge is 2.36. The van der Waals surface area contributed by atoms with Crippen LogP contribution in [0.2, 0.25) is 0 Å². The molecule has 2 fully saturated rings. The number of carbonyl (C=O) groups excluding carboxylic acids is 4. The van der Waals surface area contributed by atoms with Gasteiger partial charge in [0.15, 0.2) is 0 Å². The molecule has 4 atom stereocenters. The Bertz CT molecular complexity index is 1910. The monoisotopic (exact) mass is 834 g/mol. The first-order chi connectivity index (χ1) is 27.8. The molecule has 13 nitrogen and oxygen atoms in total. The summed E-state index contributed by atoms with van der Waals surface area (Å²) in [6.07, 6.45) is 3.14. The van der Waals surface area contributed by atoms with Crippen molar-refractivity contribution in [3.8, 4) is 17.2 Å². The molecule has 5 N–H and O–H groups in total. The topological polar surface area (TPSA) is 178 Å². The molecule has 6 bridgehead atoms. The van der Waals surface area contributed by atoms with Crippen LogP contribution in [-0.2, 0) is 54.6 Å². The second kappa shape index (κ2) is 19.1. The van der Waals surface area contributed by atoms with E-state index in [0.717, 1.165) is 29.5 Å². The lowest BCUT2D eigenvalue weighted by Crippen LogP contribution is -2.51. The summed E-state index contributed by atoms with van der Waals surface area (Å²) in [4.78, 5) is 57.3. The Morgan fingerprint density at radius 1 is 0.603 bits per heavy atom. The quantitative estimate of drug-likeness (QED) is 0.180. The highest BCUT2D eigenvalue weighted by atomic mass is 33.1. The smallest absolute Gasteiger partial charge is 0.329 e. The fourth-order valence-corrected chi connectivity index (χ4v) is 10.7. The number of phenols is 3. The summed E-state index contributed by atoms with van der Waals surface area (Å²) in [5.74, 6) is -1.31. The zero-order valence-electron chi connectivity index (χ0n) is 33.8. The fourth-order valence-electron chi connectivity index (χ4n) is 8.45. The summed E-state index contributed by atoms with van der Waals surface area (Å²) in [5, 5.41) is 40.8. The molecule has 0 aromatic heterocycles. The minimum Gasteiger partial charge on any atom is -0.507 e. The number of carbonyl (C=O) groups is 4. The summed E-state index contributed by atoms with van der Waals surface area (Å²) in [6, 6.07) is 8.38. The SMILES string of the molecule is COC(=O)[C@@H]1CSSC[C@@H](C(=O)OC)NC(=O)[C@@H]2CCCN2Cc2cc(C)cc(c2O)Cc2cc(C)cc(c2O)Cc2cc(C)cc(c2O)CN2CCC[C@H]2C(=O)N1. The number of ether oxygens (including phenoxy) is 2. The zero-order chi connectivity index (χ0) is 41.7. The van der Waals surface area contributed by atoms with Crippen LogP contribution >= 0.6 is 21.6 Å². The summed E-state index contributed by atoms with van der Waals surface area (Å²) in [7, 11) is 5.05. The number of nitrogens with one attached hydrogen (secondary N) is 2. The number of esters is 2. The van der Waals surface area contributed by atoms with E-state index in [1.807, 2.05) is 67.0 Å². The van der Waals surface area contributed by atoms with Crippen LogP contribution in [0.25, 0.3) is 0 Å². The zero-order valence-corrected chi connectivity index (χ0v) is 35.4. The first-order valence-corrected chi connectivity index (χ1v) is 22.2. The number of hydrogen-bond donors (Lipinski definition) is 5. The van der Waals surface area contributed by atoms with E-state index in [1.54, 1.807) is 0 Å². The number of hydrogen-bond acceptors (Lipinski definition) is 13. The van der Waals surface area contributed by atoms with Gasteiger partial charge in [0, 0.05) is 48.6 Å².